The van der Waals surface area contributed by atoms with Gasteiger partial charge in [-0.15, -0.1) is 0 Å². The van der Waals surface area contributed by atoms with E-state index >= 15 is 0 Å². The number of carbonyl (C=O) groups is 3. The quantitative estimate of drug-likeness (QED) is 0.803. The van der Waals surface area contributed by atoms with Gasteiger partial charge in [0.25, 0.3) is 11.8 Å². The number of likely N-dealkylation sites (N-methyl/N-ethyl adjacent to an activating group) is 1. The number of carbonyl (C=O) groups excluding carboxylic acids is 3. The van der Waals surface area contributed by atoms with E-state index in [1.807, 2.05) is 6.92 Å². The summed E-state index contributed by atoms with van der Waals surface area (Å²) in [6.07, 6.45) is 6.16. The number of hydrogen-bond donors (Lipinski definition) is 0. The summed E-state index contributed by atoms with van der Waals surface area (Å²) < 4.78 is 0. The van der Waals surface area contributed by atoms with Crippen molar-refractivity contribution in [2.24, 2.45) is 0 Å². The average molecular weight is 312 g/mol. The SMILES string of the molecule is CCN(C(=O)CN1C(=O)c2ccccc2C1=O)C1=CCCCC1. The predicted molar refractivity (Wildman–Crippen MR) is 85.7 cm³/mol. The number of rotatable bonds is 4. The van der Waals surface area contributed by atoms with Gasteiger partial charge < -0.3 is 4.90 Å². The number of fused-ring (bicyclic) bond motifs is 1. The summed E-state index contributed by atoms with van der Waals surface area (Å²) in [5.41, 5.74) is 1.77. The molecule has 0 unspecified atom stereocenters. The highest BCUT2D eigenvalue weighted by molar-refractivity contribution is 6.22. The van der Waals surface area contributed by atoms with Crippen molar-refractivity contribution in [1.82, 2.24) is 9.80 Å². The van der Waals surface area contributed by atoms with Gasteiger partial charge in [0.2, 0.25) is 5.91 Å². The maximum absolute atomic E-state index is 12.6. The molecule has 2 aliphatic rings. The zero-order valence-electron chi connectivity index (χ0n) is 13.2. The zero-order valence-corrected chi connectivity index (χ0v) is 13.2. The minimum absolute atomic E-state index is 0.197. The molecule has 1 aromatic rings. The van der Waals surface area contributed by atoms with Crippen LogP contribution in [0.4, 0.5) is 0 Å². The van der Waals surface area contributed by atoms with Crippen LogP contribution < -0.4 is 0 Å². The third kappa shape index (κ3) is 2.79. The van der Waals surface area contributed by atoms with E-state index < -0.39 is 0 Å². The first-order valence-corrected chi connectivity index (χ1v) is 8.08. The van der Waals surface area contributed by atoms with E-state index in [1.54, 1.807) is 29.2 Å². The highest BCUT2D eigenvalue weighted by Crippen LogP contribution is 2.24. The number of nitrogens with zero attached hydrogens (tertiary/aromatic N) is 2. The van der Waals surface area contributed by atoms with Crippen molar-refractivity contribution in [1.29, 1.82) is 0 Å². The van der Waals surface area contributed by atoms with Crippen molar-refractivity contribution in [3.63, 3.8) is 0 Å². The Hall–Kier alpha value is -2.43. The standard InChI is InChI=1S/C18H20N2O3/c1-2-19(13-8-4-3-5-9-13)16(21)12-20-17(22)14-10-6-7-11-15(14)18(20)23/h6-8,10-11H,2-5,9,12H2,1H3. The Morgan fingerprint density at radius 2 is 1.78 bits per heavy atom. The second-order valence-electron chi connectivity index (χ2n) is 5.82. The molecular formula is C18H20N2O3. The molecule has 1 aliphatic heterocycles. The first-order chi connectivity index (χ1) is 11.1. The Bertz CT molecular complexity index is 658. The van der Waals surface area contributed by atoms with Gasteiger partial charge in [0.1, 0.15) is 6.54 Å². The van der Waals surface area contributed by atoms with Crippen molar-refractivity contribution < 1.29 is 14.4 Å². The van der Waals surface area contributed by atoms with Crippen molar-refractivity contribution in [2.75, 3.05) is 13.1 Å². The molecule has 3 rings (SSSR count). The molecule has 0 aromatic heterocycles. The van der Waals surface area contributed by atoms with Crippen LogP contribution in [0.25, 0.3) is 0 Å². The van der Waals surface area contributed by atoms with Crippen LogP contribution in [0.5, 0.6) is 0 Å². The molecule has 0 fully saturated rings. The van der Waals surface area contributed by atoms with Gasteiger partial charge in [-0.1, -0.05) is 18.2 Å². The summed E-state index contributed by atoms with van der Waals surface area (Å²) in [5.74, 6) is -0.963. The van der Waals surface area contributed by atoms with Crippen LogP contribution >= 0.6 is 0 Å². The van der Waals surface area contributed by atoms with Gasteiger partial charge in [-0.3, -0.25) is 19.3 Å². The van der Waals surface area contributed by atoms with Gasteiger partial charge in [-0.05, 0) is 44.7 Å². The van der Waals surface area contributed by atoms with E-state index in [-0.39, 0.29) is 24.3 Å². The molecule has 0 radical (unpaired) electrons. The minimum Gasteiger partial charge on any atom is -0.315 e. The molecule has 23 heavy (non-hydrogen) atoms. The summed E-state index contributed by atoms with van der Waals surface area (Å²) >= 11 is 0. The van der Waals surface area contributed by atoms with E-state index in [9.17, 15) is 14.4 Å². The zero-order chi connectivity index (χ0) is 16.4. The van der Waals surface area contributed by atoms with E-state index in [2.05, 4.69) is 6.08 Å². The molecule has 1 heterocycles. The van der Waals surface area contributed by atoms with Gasteiger partial charge in [-0.25, -0.2) is 0 Å². The van der Waals surface area contributed by atoms with Crippen LogP contribution in [-0.4, -0.2) is 40.6 Å². The second-order valence-corrected chi connectivity index (χ2v) is 5.82. The minimum atomic E-state index is -0.382. The fourth-order valence-corrected chi connectivity index (χ4v) is 3.21. The predicted octanol–water partition coefficient (Wildman–Crippen LogP) is 2.59. The van der Waals surface area contributed by atoms with Gasteiger partial charge in [-0.2, -0.15) is 0 Å². The van der Waals surface area contributed by atoms with E-state index in [4.69, 9.17) is 0 Å². The molecule has 0 N–H and O–H groups in total. The van der Waals surface area contributed by atoms with E-state index in [1.165, 1.54) is 0 Å². The van der Waals surface area contributed by atoms with Gasteiger partial charge in [0, 0.05) is 12.2 Å². The Morgan fingerprint density at radius 1 is 1.13 bits per heavy atom. The lowest BCUT2D eigenvalue weighted by Gasteiger charge is -2.28. The Morgan fingerprint density at radius 3 is 2.30 bits per heavy atom. The lowest BCUT2D eigenvalue weighted by atomic mass is 10.0. The molecule has 5 nitrogen and oxygen atoms in total. The fraction of sp³-hybridized carbons (Fsp3) is 0.389. The van der Waals surface area contributed by atoms with E-state index in [0.717, 1.165) is 36.3 Å². The van der Waals surface area contributed by atoms with Crippen LogP contribution in [0.15, 0.2) is 36.0 Å². The molecule has 5 heteroatoms. The summed E-state index contributed by atoms with van der Waals surface area (Å²) in [7, 11) is 0. The molecule has 0 bridgehead atoms. The Kier molecular flexibility index (Phi) is 4.28. The average Bonchev–Trinajstić information content (AvgIpc) is 2.82. The van der Waals surface area contributed by atoms with Gasteiger partial charge in [0.05, 0.1) is 11.1 Å². The fourth-order valence-electron chi connectivity index (χ4n) is 3.21. The Labute approximate surface area is 135 Å². The topological polar surface area (TPSA) is 57.7 Å². The highest BCUT2D eigenvalue weighted by Gasteiger charge is 2.37. The van der Waals surface area contributed by atoms with Crippen molar-refractivity contribution >= 4 is 17.7 Å². The summed E-state index contributed by atoms with van der Waals surface area (Å²) in [6, 6.07) is 6.70. The van der Waals surface area contributed by atoms with Gasteiger partial charge >= 0.3 is 0 Å². The molecule has 0 saturated heterocycles. The number of imide groups is 1. The molecule has 1 aromatic carbocycles. The van der Waals surface area contributed by atoms with Crippen LogP contribution in [0.2, 0.25) is 0 Å². The number of allylic oxidation sites excluding steroid dienone is 2. The number of benzene rings is 1. The number of amides is 3. The first-order valence-electron chi connectivity index (χ1n) is 8.08. The lowest BCUT2D eigenvalue weighted by Crippen LogP contribution is -2.42. The van der Waals surface area contributed by atoms with Gasteiger partial charge in [0.15, 0.2) is 0 Å². The molecule has 0 saturated carbocycles. The van der Waals surface area contributed by atoms with E-state index in [0.29, 0.717) is 17.7 Å². The smallest absolute Gasteiger partial charge is 0.262 e. The second kappa shape index (κ2) is 6.36. The van der Waals surface area contributed by atoms with Crippen LogP contribution in [0, 0.1) is 0 Å². The molecule has 120 valence electrons. The van der Waals surface area contributed by atoms with Crippen molar-refractivity contribution in [3.05, 3.63) is 47.2 Å². The summed E-state index contributed by atoms with van der Waals surface area (Å²) in [5, 5.41) is 0. The molecular weight excluding hydrogens is 292 g/mol. The highest BCUT2D eigenvalue weighted by atomic mass is 16.2. The largest absolute Gasteiger partial charge is 0.315 e. The third-order valence-corrected chi connectivity index (χ3v) is 4.40. The Balaban J connectivity index is 1.77. The van der Waals surface area contributed by atoms with Crippen LogP contribution in [-0.2, 0) is 4.79 Å². The third-order valence-electron chi connectivity index (χ3n) is 4.40. The summed E-state index contributed by atoms with van der Waals surface area (Å²) in [6.45, 7) is 2.26. The maximum Gasteiger partial charge on any atom is 0.262 e. The van der Waals surface area contributed by atoms with Crippen molar-refractivity contribution in [3.8, 4) is 0 Å². The molecule has 0 spiro atoms. The maximum atomic E-state index is 12.6. The summed E-state index contributed by atoms with van der Waals surface area (Å²) in [4.78, 5) is 40.1. The number of hydrogen-bond acceptors (Lipinski definition) is 3. The lowest BCUT2D eigenvalue weighted by molar-refractivity contribution is -0.129. The first kappa shape index (κ1) is 15.5. The van der Waals surface area contributed by atoms with Crippen molar-refractivity contribution in [2.45, 2.75) is 32.6 Å². The van der Waals surface area contributed by atoms with Crippen LogP contribution in [0.3, 0.4) is 0 Å². The van der Waals surface area contributed by atoms with Crippen LogP contribution in [0.1, 0.15) is 53.3 Å². The molecule has 0 atom stereocenters. The molecule has 1 aliphatic carbocycles. The molecule has 3 amide bonds. The normalized spacial score (nSPS) is 17.1. The monoisotopic (exact) mass is 312 g/mol.